The molecule has 1 amide bonds. The summed E-state index contributed by atoms with van der Waals surface area (Å²) >= 11 is 0. The molecule has 1 fully saturated rings. The maximum absolute atomic E-state index is 13.3. The Bertz CT molecular complexity index is 1040. The number of benzene rings is 1. The first-order valence-corrected chi connectivity index (χ1v) is 11.1. The Kier molecular flexibility index (Phi) is 6.24. The number of carbonyl (C=O) groups is 1. The largest absolute Gasteiger partial charge is 0.359 e. The molecule has 1 unspecified atom stereocenters. The van der Waals surface area contributed by atoms with Crippen LogP contribution >= 0.6 is 0 Å². The fourth-order valence-electron chi connectivity index (χ4n) is 3.61. The van der Waals surface area contributed by atoms with Gasteiger partial charge in [-0.05, 0) is 50.8 Å². The fraction of sp³-hybridized carbons (Fsp3) is 0.429. The highest BCUT2D eigenvalue weighted by atomic mass is 32.2. The van der Waals surface area contributed by atoms with E-state index in [9.17, 15) is 13.2 Å². The fourth-order valence-corrected chi connectivity index (χ4v) is 5.39. The summed E-state index contributed by atoms with van der Waals surface area (Å²) in [6, 6.07) is 6.08. The van der Waals surface area contributed by atoms with Gasteiger partial charge in [-0.1, -0.05) is 35.0 Å². The normalized spacial score (nSPS) is 18.3. The summed E-state index contributed by atoms with van der Waals surface area (Å²) in [7, 11) is -2.27. The van der Waals surface area contributed by atoms with Gasteiger partial charge in [0.15, 0.2) is 10.7 Å². The molecule has 0 saturated carbocycles. The molecule has 0 spiro atoms. The summed E-state index contributed by atoms with van der Waals surface area (Å²) in [4.78, 5) is 12.1. The zero-order chi connectivity index (χ0) is 21.2. The van der Waals surface area contributed by atoms with Crippen molar-refractivity contribution in [1.82, 2.24) is 14.8 Å². The molecule has 29 heavy (non-hydrogen) atoms. The van der Waals surface area contributed by atoms with E-state index in [2.05, 4.69) is 10.5 Å². The van der Waals surface area contributed by atoms with E-state index in [1.54, 1.807) is 20.0 Å². The number of hydrogen-bond donors (Lipinski definition) is 1. The molecule has 1 aliphatic rings. The lowest BCUT2D eigenvalue weighted by atomic mass is 9.99. The van der Waals surface area contributed by atoms with Crippen molar-refractivity contribution in [2.75, 3.05) is 20.1 Å². The summed E-state index contributed by atoms with van der Waals surface area (Å²) < 4.78 is 33.4. The Morgan fingerprint density at radius 1 is 1.28 bits per heavy atom. The number of sulfonamides is 1. The average molecular weight is 418 g/mol. The second-order valence-corrected chi connectivity index (χ2v) is 9.35. The minimum absolute atomic E-state index is 0.0663. The van der Waals surface area contributed by atoms with Gasteiger partial charge in [0.1, 0.15) is 5.69 Å². The first-order chi connectivity index (χ1) is 13.7. The van der Waals surface area contributed by atoms with Crippen molar-refractivity contribution in [2.45, 2.75) is 38.5 Å². The van der Waals surface area contributed by atoms with Crippen LogP contribution in [0.5, 0.6) is 0 Å². The molecule has 1 aromatic heterocycles. The van der Waals surface area contributed by atoms with Crippen LogP contribution in [0.1, 0.15) is 41.0 Å². The van der Waals surface area contributed by atoms with Crippen molar-refractivity contribution >= 4 is 28.1 Å². The first kappa shape index (κ1) is 21.3. The van der Waals surface area contributed by atoms with Gasteiger partial charge in [0.25, 0.3) is 0 Å². The van der Waals surface area contributed by atoms with Crippen molar-refractivity contribution in [1.29, 1.82) is 0 Å². The van der Waals surface area contributed by atoms with Gasteiger partial charge in [-0.25, -0.2) is 8.42 Å². The van der Waals surface area contributed by atoms with E-state index >= 15 is 0 Å². The average Bonchev–Trinajstić information content (AvgIpc) is 3.09. The molecule has 0 bridgehead atoms. The third-order valence-corrected chi connectivity index (χ3v) is 7.31. The Morgan fingerprint density at radius 2 is 2.03 bits per heavy atom. The summed E-state index contributed by atoms with van der Waals surface area (Å²) in [5, 5.41) is 6.50. The molecule has 2 aromatic rings. The van der Waals surface area contributed by atoms with Gasteiger partial charge < -0.3 is 9.84 Å². The van der Waals surface area contributed by atoms with Crippen LogP contribution in [0.15, 0.2) is 27.6 Å². The lowest BCUT2D eigenvalue weighted by molar-refractivity contribution is -0.125. The molecular weight excluding hydrogens is 390 g/mol. The molecule has 3 rings (SSSR count). The zero-order valence-electron chi connectivity index (χ0n) is 17.2. The molecule has 0 radical (unpaired) electrons. The minimum atomic E-state index is -3.83. The van der Waals surface area contributed by atoms with Crippen LogP contribution in [0.2, 0.25) is 0 Å². The smallest absolute Gasteiger partial charge is 0.248 e. The number of nitrogens with zero attached hydrogens (tertiary/aromatic N) is 2. The second-order valence-electron chi connectivity index (χ2n) is 7.47. The molecule has 1 atom stereocenters. The topological polar surface area (TPSA) is 92.5 Å². The van der Waals surface area contributed by atoms with Crippen LogP contribution in [0.25, 0.3) is 12.2 Å². The van der Waals surface area contributed by atoms with Crippen molar-refractivity contribution in [3.8, 4) is 0 Å². The molecule has 1 N–H and O–H groups in total. The van der Waals surface area contributed by atoms with Crippen molar-refractivity contribution in [3.63, 3.8) is 0 Å². The molecule has 1 saturated heterocycles. The maximum atomic E-state index is 13.3. The summed E-state index contributed by atoms with van der Waals surface area (Å²) in [6.07, 6.45) is 4.79. The van der Waals surface area contributed by atoms with Crippen molar-refractivity contribution in [3.05, 3.63) is 46.3 Å². The number of nitrogens with one attached hydrogen (secondary N) is 1. The van der Waals surface area contributed by atoms with Crippen molar-refractivity contribution in [2.24, 2.45) is 5.92 Å². The van der Waals surface area contributed by atoms with Gasteiger partial charge in [0.2, 0.25) is 15.9 Å². The monoisotopic (exact) mass is 417 g/mol. The second kappa shape index (κ2) is 8.51. The number of aromatic nitrogens is 1. The van der Waals surface area contributed by atoms with E-state index in [0.29, 0.717) is 25.1 Å². The van der Waals surface area contributed by atoms with Gasteiger partial charge in [-0.15, -0.1) is 0 Å². The number of rotatable bonds is 5. The molecule has 156 valence electrons. The highest BCUT2D eigenvalue weighted by molar-refractivity contribution is 7.89. The highest BCUT2D eigenvalue weighted by Crippen LogP contribution is 2.29. The van der Waals surface area contributed by atoms with E-state index in [1.165, 1.54) is 4.31 Å². The predicted octanol–water partition coefficient (Wildman–Crippen LogP) is 2.92. The zero-order valence-corrected chi connectivity index (χ0v) is 18.0. The van der Waals surface area contributed by atoms with Gasteiger partial charge >= 0.3 is 0 Å². The van der Waals surface area contributed by atoms with Crippen molar-refractivity contribution < 1.29 is 17.7 Å². The lowest BCUT2D eigenvalue weighted by Crippen LogP contribution is -2.44. The lowest BCUT2D eigenvalue weighted by Gasteiger charge is -2.30. The van der Waals surface area contributed by atoms with Crippen LogP contribution < -0.4 is 5.32 Å². The van der Waals surface area contributed by atoms with E-state index in [1.807, 2.05) is 38.1 Å². The summed E-state index contributed by atoms with van der Waals surface area (Å²) in [5.74, 6) is -0.287. The highest BCUT2D eigenvalue weighted by Gasteiger charge is 2.36. The molecule has 8 heteroatoms. The number of aryl methyl sites for hydroxylation is 3. The van der Waals surface area contributed by atoms with Gasteiger partial charge in [0, 0.05) is 20.1 Å². The number of hydrogen-bond acceptors (Lipinski definition) is 5. The van der Waals surface area contributed by atoms with E-state index < -0.39 is 10.0 Å². The minimum Gasteiger partial charge on any atom is -0.359 e. The molecular formula is C21H27N3O4S. The SMILES string of the molecule is CNC(=O)C1CCCN(S(=O)(=O)c2c(C)noc2C=Cc2cc(C)ccc2C)C1. The predicted molar refractivity (Wildman–Crippen MR) is 112 cm³/mol. The Labute approximate surface area is 171 Å². The summed E-state index contributed by atoms with van der Waals surface area (Å²) in [5.41, 5.74) is 3.50. The molecule has 1 aliphatic heterocycles. The number of amides is 1. The Morgan fingerprint density at radius 3 is 2.76 bits per heavy atom. The molecule has 7 nitrogen and oxygen atoms in total. The van der Waals surface area contributed by atoms with Crippen LogP contribution in [-0.2, 0) is 14.8 Å². The summed E-state index contributed by atoms with van der Waals surface area (Å²) in [6.45, 7) is 6.15. The maximum Gasteiger partial charge on any atom is 0.248 e. The van der Waals surface area contributed by atoms with E-state index in [4.69, 9.17) is 4.52 Å². The number of carbonyl (C=O) groups excluding carboxylic acids is 1. The first-order valence-electron chi connectivity index (χ1n) is 9.67. The number of piperidine rings is 1. The van der Waals surface area contributed by atoms with Gasteiger partial charge in [0.05, 0.1) is 5.92 Å². The van der Waals surface area contributed by atoms with Gasteiger partial charge in [-0.3, -0.25) is 4.79 Å². The Balaban J connectivity index is 1.93. The van der Waals surface area contributed by atoms with E-state index in [-0.39, 0.29) is 29.0 Å². The van der Waals surface area contributed by atoms with Crippen LogP contribution in [0.4, 0.5) is 0 Å². The van der Waals surface area contributed by atoms with Crippen LogP contribution in [0, 0.1) is 26.7 Å². The van der Waals surface area contributed by atoms with Crippen LogP contribution in [0.3, 0.4) is 0 Å². The van der Waals surface area contributed by atoms with Gasteiger partial charge in [-0.2, -0.15) is 4.31 Å². The molecule has 1 aromatic carbocycles. The molecule has 2 heterocycles. The van der Waals surface area contributed by atoms with E-state index in [0.717, 1.165) is 16.7 Å². The third kappa shape index (κ3) is 4.43. The van der Waals surface area contributed by atoms with Crippen LogP contribution in [-0.4, -0.2) is 43.9 Å². The third-order valence-electron chi connectivity index (χ3n) is 5.28. The standard InChI is InChI=1S/C21H27N3O4S/c1-14-7-8-15(2)17(12-14)9-10-19-20(16(3)23-28-19)29(26,27)24-11-5-6-18(13-24)21(25)22-4/h7-10,12,18H,5-6,11,13H2,1-4H3,(H,22,25). The quantitative estimate of drug-likeness (QED) is 0.807. The molecule has 0 aliphatic carbocycles. The Hall–Kier alpha value is -2.45.